The van der Waals surface area contributed by atoms with Gasteiger partial charge in [-0.2, -0.15) is 0 Å². The number of thiophene rings is 1. The number of hydrogen-bond donors (Lipinski definition) is 2. The van der Waals surface area contributed by atoms with Gasteiger partial charge in [0.1, 0.15) is 13.1 Å². The van der Waals surface area contributed by atoms with Gasteiger partial charge in [0.15, 0.2) is 5.76 Å². The van der Waals surface area contributed by atoms with Crippen molar-refractivity contribution in [3.63, 3.8) is 0 Å². The van der Waals surface area contributed by atoms with Gasteiger partial charge in [-0.05, 0) is 28.5 Å². The number of carbonyl (C=O) groups excluding carboxylic acids is 2. The highest BCUT2D eigenvalue weighted by Crippen LogP contribution is 2.39. The standard InChI is InChI=1S/C24H28N2O4S/c1-16(2)17-5-7-18(8-6-17)21-20(22(27)19-4-3-15-31-19)23(28)24(29)26(21)10-9-25-11-13-30-14-12-25/h3-8,15-16,21,28H,9-14H2,1-2H3/p+1/t21-/m1/s1. The quantitative estimate of drug-likeness (QED) is 0.647. The predicted octanol–water partition coefficient (Wildman–Crippen LogP) is 2.36. The Balaban J connectivity index is 1.66. The maximum Gasteiger partial charge on any atom is 0.290 e. The SMILES string of the molecule is CC(C)c1ccc([C@@H]2C(C(=O)c3cccs3)=C(O)C(=O)N2CC[NH+]2CCOCC2)cc1. The van der Waals surface area contributed by atoms with Crippen LogP contribution in [0.15, 0.2) is 53.1 Å². The number of quaternary nitrogens is 1. The lowest BCUT2D eigenvalue weighted by Crippen LogP contribution is -3.14. The normalized spacial score (nSPS) is 20.2. The third-order valence-electron chi connectivity index (χ3n) is 6.12. The number of benzene rings is 1. The molecule has 1 aromatic heterocycles. The van der Waals surface area contributed by atoms with Gasteiger partial charge in [-0.25, -0.2) is 0 Å². The monoisotopic (exact) mass is 441 g/mol. The van der Waals surface area contributed by atoms with E-state index >= 15 is 0 Å². The van der Waals surface area contributed by atoms with E-state index in [1.54, 1.807) is 17.0 Å². The second-order valence-corrected chi connectivity index (χ2v) is 9.35. The summed E-state index contributed by atoms with van der Waals surface area (Å²) in [6.07, 6.45) is 0. The van der Waals surface area contributed by atoms with Crippen LogP contribution in [0.2, 0.25) is 0 Å². The summed E-state index contributed by atoms with van der Waals surface area (Å²) in [5.74, 6) is -0.782. The molecule has 0 bridgehead atoms. The molecule has 4 rings (SSSR count). The predicted molar refractivity (Wildman–Crippen MR) is 120 cm³/mol. The highest BCUT2D eigenvalue weighted by molar-refractivity contribution is 7.12. The average Bonchev–Trinajstić information content (AvgIpc) is 3.41. The minimum absolute atomic E-state index is 0.182. The molecule has 1 atom stereocenters. The molecule has 2 aliphatic heterocycles. The first-order valence-electron chi connectivity index (χ1n) is 10.8. The summed E-state index contributed by atoms with van der Waals surface area (Å²) < 4.78 is 5.43. The lowest BCUT2D eigenvalue weighted by molar-refractivity contribution is -0.907. The van der Waals surface area contributed by atoms with E-state index in [2.05, 4.69) is 13.8 Å². The van der Waals surface area contributed by atoms with E-state index < -0.39 is 17.7 Å². The molecule has 0 spiro atoms. The first-order chi connectivity index (χ1) is 15.0. The maximum atomic E-state index is 13.3. The summed E-state index contributed by atoms with van der Waals surface area (Å²) in [6.45, 7) is 8.71. The Hall–Kier alpha value is -2.48. The summed E-state index contributed by atoms with van der Waals surface area (Å²) >= 11 is 1.32. The molecular formula is C24H29N2O4S+. The van der Waals surface area contributed by atoms with Crippen LogP contribution in [0.25, 0.3) is 0 Å². The summed E-state index contributed by atoms with van der Waals surface area (Å²) in [6, 6.07) is 11.0. The highest BCUT2D eigenvalue weighted by atomic mass is 32.1. The zero-order chi connectivity index (χ0) is 22.0. The number of ether oxygens (including phenoxy) is 1. The third kappa shape index (κ3) is 4.44. The van der Waals surface area contributed by atoms with Crippen molar-refractivity contribution in [3.8, 4) is 0 Å². The zero-order valence-electron chi connectivity index (χ0n) is 18.0. The first-order valence-corrected chi connectivity index (χ1v) is 11.7. The number of ketones is 1. The maximum absolute atomic E-state index is 13.3. The van der Waals surface area contributed by atoms with Crippen molar-refractivity contribution in [2.75, 3.05) is 39.4 Å². The first kappa shape index (κ1) is 21.7. The molecule has 0 radical (unpaired) electrons. The van der Waals surface area contributed by atoms with Crippen molar-refractivity contribution in [1.29, 1.82) is 0 Å². The Morgan fingerprint density at radius 2 is 1.94 bits per heavy atom. The second-order valence-electron chi connectivity index (χ2n) is 8.40. The number of hydrogen-bond acceptors (Lipinski definition) is 5. The Morgan fingerprint density at radius 3 is 2.55 bits per heavy atom. The number of rotatable bonds is 7. The number of aliphatic hydroxyl groups excluding tert-OH is 1. The molecule has 1 amide bonds. The molecule has 2 N–H and O–H groups in total. The second kappa shape index (κ2) is 9.34. The summed E-state index contributed by atoms with van der Waals surface area (Å²) in [5, 5.41) is 12.6. The largest absolute Gasteiger partial charge is 0.503 e. The third-order valence-corrected chi connectivity index (χ3v) is 6.99. The zero-order valence-corrected chi connectivity index (χ0v) is 18.8. The number of amides is 1. The molecule has 1 saturated heterocycles. The Bertz CT molecular complexity index is 960. The molecule has 7 heteroatoms. The minimum Gasteiger partial charge on any atom is -0.503 e. The molecule has 2 aromatic rings. The van der Waals surface area contributed by atoms with E-state index in [4.69, 9.17) is 4.74 Å². The topological polar surface area (TPSA) is 71.3 Å². The molecule has 0 aliphatic carbocycles. The van der Waals surface area contributed by atoms with E-state index in [9.17, 15) is 14.7 Å². The highest BCUT2D eigenvalue weighted by Gasteiger charge is 2.44. The smallest absolute Gasteiger partial charge is 0.290 e. The fraction of sp³-hybridized carbons (Fsp3) is 0.417. The van der Waals surface area contributed by atoms with Crippen molar-refractivity contribution in [3.05, 3.63) is 69.1 Å². The number of carbonyl (C=O) groups is 2. The minimum atomic E-state index is -0.580. The van der Waals surface area contributed by atoms with E-state index in [1.165, 1.54) is 21.8 Å². The Kier molecular flexibility index (Phi) is 6.55. The van der Waals surface area contributed by atoms with Crippen LogP contribution in [0.4, 0.5) is 0 Å². The number of nitrogens with zero attached hydrogens (tertiary/aromatic N) is 1. The van der Waals surface area contributed by atoms with Crippen LogP contribution in [0, 0.1) is 0 Å². The van der Waals surface area contributed by atoms with Gasteiger partial charge in [-0.3, -0.25) is 9.59 Å². The van der Waals surface area contributed by atoms with E-state index in [-0.39, 0.29) is 11.4 Å². The lowest BCUT2D eigenvalue weighted by Gasteiger charge is -2.30. The number of morpholine rings is 1. The summed E-state index contributed by atoms with van der Waals surface area (Å²) in [7, 11) is 0. The van der Waals surface area contributed by atoms with Gasteiger partial charge in [0.25, 0.3) is 5.91 Å². The van der Waals surface area contributed by atoms with Crippen molar-refractivity contribution < 1.29 is 24.3 Å². The van der Waals surface area contributed by atoms with Gasteiger partial charge >= 0.3 is 0 Å². The molecule has 1 fully saturated rings. The molecule has 1 aromatic carbocycles. The van der Waals surface area contributed by atoms with Crippen LogP contribution in [0.1, 0.15) is 46.6 Å². The fourth-order valence-electron chi connectivity index (χ4n) is 4.26. The van der Waals surface area contributed by atoms with Gasteiger partial charge in [0.2, 0.25) is 5.78 Å². The van der Waals surface area contributed by atoms with Crippen molar-refractivity contribution in [2.45, 2.75) is 25.8 Å². The van der Waals surface area contributed by atoms with Crippen molar-refractivity contribution in [2.24, 2.45) is 0 Å². The number of nitrogens with one attached hydrogen (secondary N) is 1. The van der Waals surface area contributed by atoms with Gasteiger partial charge in [0, 0.05) is 0 Å². The Morgan fingerprint density at radius 1 is 1.23 bits per heavy atom. The average molecular weight is 442 g/mol. The molecule has 6 nitrogen and oxygen atoms in total. The van der Waals surface area contributed by atoms with Gasteiger partial charge in [-0.1, -0.05) is 44.2 Å². The van der Waals surface area contributed by atoms with Crippen LogP contribution in [-0.2, 0) is 9.53 Å². The van der Waals surface area contributed by atoms with Crippen LogP contribution in [0.5, 0.6) is 0 Å². The van der Waals surface area contributed by atoms with Gasteiger partial charge < -0.3 is 19.6 Å². The lowest BCUT2D eigenvalue weighted by atomic mass is 9.93. The van der Waals surface area contributed by atoms with Crippen molar-refractivity contribution in [1.82, 2.24) is 4.90 Å². The van der Waals surface area contributed by atoms with Crippen molar-refractivity contribution >= 4 is 23.0 Å². The number of aliphatic hydroxyl groups is 1. The van der Waals surface area contributed by atoms with Crippen LogP contribution in [-0.4, -0.2) is 61.1 Å². The summed E-state index contributed by atoms with van der Waals surface area (Å²) in [4.78, 5) is 29.9. The molecule has 0 saturated carbocycles. The molecule has 31 heavy (non-hydrogen) atoms. The number of Topliss-reactive ketones (excluding diaryl/α,β-unsaturated/α-hetero) is 1. The Labute approximate surface area is 186 Å². The van der Waals surface area contributed by atoms with Crippen LogP contribution < -0.4 is 4.90 Å². The summed E-state index contributed by atoms with van der Waals surface area (Å²) in [5.41, 5.74) is 2.22. The molecule has 2 aliphatic rings. The fourth-order valence-corrected chi connectivity index (χ4v) is 4.93. The molecule has 3 heterocycles. The molecular weight excluding hydrogens is 412 g/mol. The van der Waals surface area contributed by atoms with Crippen LogP contribution in [0.3, 0.4) is 0 Å². The van der Waals surface area contributed by atoms with E-state index in [1.807, 2.05) is 29.6 Å². The molecule has 0 unspecified atom stereocenters. The van der Waals surface area contributed by atoms with E-state index in [0.29, 0.717) is 17.3 Å². The van der Waals surface area contributed by atoms with Crippen LogP contribution >= 0.6 is 11.3 Å². The van der Waals surface area contributed by atoms with E-state index in [0.717, 1.165) is 38.4 Å². The van der Waals surface area contributed by atoms with Gasteiger partial charge in [-0.15, -0.1) is 11.3 Å². The van der Waals surface area contributed by atoms with Gasteiger partial charge in [0.05, 0.1) is 42.8 Å². The molecule has 164 valence electrons.